The average Bonchev–Trinajstić information content (AvgIpc) is 2.70. The first-order valence-electron chi connectivity index (χ1n) is 8.60. The average molecular weight is 402 g/mol. The minimum Gasteiger partial charge on any atom is -0.467 e. The number of methoxy groups -OCH3 is 1. The van der Waals surface area contributed by atoms with E-state index in [1.54, 1.807) is 36.4 Å². The molecular weight excluding hydrogens is 380 g/mol. The Balaban J connectivity index is 2.01. The molecule has 0 radical (unpaired) electrons. The van der Waals surface area contributed by atoms with Gasteiger partial charge in [-0.05, 0) is 42.8 Å². The normalized spacial score (nSPS) is 12.5. The van der Waals surface area contributed by atoms with Crippen LogP contribution in [0.3, 0.4) is 0 Å². The van der Waals surface area contributed by atoms with Crippen LogP contribution in [0.1, 0.15) is 23.7 Å². The van der Waals surface area contributed by atoms with E-state index in [0.29, 0.717) is 16.1 Å². The van der Waals surface area contributed by atoms with E-state index in [9.17, 15) is 18.6 Å². The number of benzene rings is 2. The second-order valence-electron chi connectivity index (χ2n) is 5.96. The maximum atomic E-state index is 12.4. The standard InChI is InChI=1S/C20H22N2O5S/c1-14(23)21-16-10-8-15(9-11-16)19(24)22-18(20(25)27-2)12-13-28(26)17-6-4-3-5-7-17/h3-11,18H,12-13H2,1-2H3,(H,21,23)(H,22,24)/t18-,28+/m0/s1. The van der Waals surface area contributed by atoms with Crippen LogP contribution in [0.25, 0.3) is 0 Å². The van der Waals surface area contributed by atoms with E-state index in [1.165, 1.54) is 26.2 Å². The lowest BCUT2D eigenvalue weighted by Crippen LogP contribution is -2.42. The van der Waals surface area contributed by atoms with E-state index in [2.05, 4.69) is 10.6 Å². The Bertz CT molecular complexity index is 853. The van der Waals surface area contributed by atoms with E-state index >= 15 is 0 Å². The molecule has 0 bridgehead atoms. The molecule has 2 aromatic rings. The maximum Gasteiger partial charge on any atom is 0.328 e. The zero-order valence-electron chi connectivity index (χ0n) is 15.6. The quantitative estimate of drug-likeness (QED) is 0.659. The number of ether oxygens (including phenoxy) is 1. The molecule has 0 saturated heterocycles. The maximum absolute atomic E-state index is 12.4. The minimum atomic E-state index is -1.29. The van der Waals surface area contributed by atoms with Crippen molar-refractivity contribution in [2.75, 3.05) is 18.2 Å². The molecule has 0 spiro atoms. The molecule has 148 valence electrons. The van der Waals surface area contributed by atoms with Crippen molar-refractivity contribution in [1.82, 2.24) is 5.32 Å². The third kappa shape index (κ3) is 6.31. The Morgan fingerprint density at radius 1 is 1.04 bits per heavy atom. The third-order valence-corrected chi connectivity index (χ3v) is 5.26. The molecule has 7 nitrogen and oxygen atoms in total. The SMILES string of the molecule is COC(=O)[C@H](CC[S@@](=O)c1ccccc1)NC(=O)c1ccc(NC(C)=O)cc1. The summed E-state index contributed by atoms with van der Waals surface area (Å²) in [6, 6.07) is 14.2. The van der Waals surface area contributed by atoms with Crippen LogP contribution in [0.4, 0.5) is 5.69 Å². The molecular formula is C20H22N2O5S. The molecule has 0 aliphatic heterocycles. The highest BCUT2D eigenvalue weighted by Crippen LogP contribution is 2.11. The monoisotopic (exact) mass is 402 g/mol. The van der Waals surface area contributed by atoms with Gasteiger partial charge in [-0.2, -0.15) is 0 Å². The first-order valence-corrected chi connectivity index (χ1v) is 9.92. The van der Waals surface area contributed by atoms with Crippen molar-refractivity contribution in [3.8, 4) is 0 Å². The van der Waals surface area contributed by atoms with Crippen LogP contribution in [-0.2, 0) is 25.1 Å². The fourth-order valence-corrected chi connectivity index (χ4v) is 3.60. The van der Waals surface area contributed by atoms with Crippen LogP contribution in [0, 0.1) is 0 Å². The molecule has 28 heavy (non-hydrogen) atoms. The van der Waals surface area contributed by atoms with Gasteiger partial charge in [0.2, 0.25) is 5.91 Å². The van der Waals surface area contributed by atoms with Crippen molar-refractivity contribution in [2.45, 2.75) is 24.3 Å². The van der Waals surface area contributed by atoms with Gasteiger partial charge in [0.25, 0.3) is 5.91 Å². The molecule has 0 aliphatic rings. The molecule has 0 fully saturated rings. The molecule has 2 amide bonds. The number of amides is 2. The van der Waals surface area contributed by atoms with Crippen molar-refractivity contribution < 1.29 is 23.3 Å². The van der Waals surface area contributed by atoms with E-state index in [0.717, 1.165) is 0 Å². The molecule has 2 rings (SSSR count). The van der Waals surface area contributed by atoms with Gasteiger partial charge in [0, 0.05) is 28.8 Å². The summed E-state index contributed by atoms with van der Waals surface area (Å²) in [5.41, 5.74) is 0.888. The summed E-state index contributed by atoms with van der Waals surface area (Å²) in [5.74, 6) is -1.08. The molecule has 0 unspecified atom stereocenters. The van der Waals surface area contributed by atoms with Crippen LogP contribution in [0.2, 0.25) is 0 Å². The van der Waals surface area contributed by atoms with Crippen molar-refractivity contribution in [3.05, 3.63) is 60.2 Å². The number of hydrogen-bond donors (Lipinski definition) is 2. The van der Waals surface area contributed by atoms with E-state index < -0.39 is 28.7 Å². The Hall–Kier alpha value is -3.00. The smallest absolute Gasteiger partial charge is 0.328 e. The summed E-state index contributed by atoms with van der Waals surface area (Å²) < 4.78 is 17.1. The van der Waals surface area contributed by atoms with Gasteiger partial charge in [-0.15, -0.1) is 0 Å². The minimum absolute atomic E-state index is 0.171. The molecule has 0 saturated carbocycles. The Morgan fingerprint density at radius 2 is 1.68 bits per heavy atom. The number of carbonyl (C=O) groups excluding carboxylic acids is 3. The van der Waals surface area contributed by atoms with Gasteiger partial charge in [0.1, 0.15) is 6.04 Å². The van der Waals surface area contributed by atoms with E-state index in [1.807, 2.05) is 6.07 Å². The van der Waals surface area contributed by atoms with Gasteiger partial charge in [-0.25, -0.2) is 4.79 Å². The topological polar surface area (TPSA) is 102 Å². The summed E-state index contributed by atoms with van der Waals surface area (Å²) >= 11 is 0. The second-order valence-corrected chi connectivity index (χ2v) is 7.53. The van der Waals surface area contributed by atoms with Crippen LogP contribution in [0.5, 0.6) is 0 Å². The van der Waals surface area contributed by atoms with Gasteiger partial charge >= 0.3 is 5.97 Å². The summed E-state index contributed by atoms with van der Waals surface area (Å²) in [4.78, 5) is 36.2. The van der Waals surface area contributed by atoms with Crippen LogP contribution >= 0.6 is 0 Å². The summed E-state index contributed by atoms with van der Waals surface area (Å²) in [6.07, 6.45) is 0.171. The lowest BCUT2D eigenvalue weighted by Gasteiger charge is -2.16. The van der Waals surface area contributed by atoms with Crippen LogP contribution in [-0.4, -0.2) is 40.9 Å². The van der Waals surface area contributed by atoms with Crippen molar-refractivity contribution in [3.63, 3.8) is 0 Å². The first kappa shape index (κ1) is 21.3. The molecule has 8 heteroatoms. The summed E-state index contributed by atoms with van der Waals surface area (Å²) in [5, 5.41) is 5.22. The zero-order valence-corrected chi connectivity index (χ0v) is 16.5. The lowest BCUT2D eigenvalue weighted by atomic mass is 10.1. The number of esters is 1. The van der Waals surface area contributed by atoms with Crippen LogP contribution in [0.15, 0.2) is 59.5 Å². The molecule has 2 aromatic carbocycles. The Labute approximate surface area is 165 Å². The van der Waals surface area contributed by atoms with E-state index in [4.69, 9.17) is 4.74 Å². The number of nitrogens with one attached hydrogen (secondary N) is 2. The van der Waals surface area contributed by atoms with Gasteiger partial charge < -0.3 is 15.4 Å². The Kier molecular flexibility index (Phi) is 7.88. The predicted octanol–water partition coefficient (Wildman–Crippen LogP) is 2.11. The highest BCUT2D eigenvalue weighted by atomic mass is 32.2. The molecule has 2 atom stereocenters. The molecule has 0 aromatic heterocycles. The largest absolute Gasteiger partial charge is 0.467 e. The highest BCUT2D eigenvalue weighted by molar-refractivity contribution is 7.85. The lowest BCUT2D eigenvalue weighted by molar-refractivity contribution is -0.142. The van der Waals surface area contributed by atoms with Gasteiger partial charge in [0.15, 0.2) is 0 Å². The number of carbonyl (C=O) groups is 3. The van der Waals surface area contributed by atoms with Crippen LogP contribution < -0.4 is 10.6 Å². The third-order valence-electron chi connectivity index (χ3n) is 3.86. The van der Waals surface area contributed by atoms with Crippen molar-refractivity contribution >= 4 is 34.3 Å². The van der Waals surface area contributed by atoms with Crippen molar-refractivity contribution in [2.24, 2.45) is 0 Å². The Morgan fingerprint density at radius 3 is 2.25 bits per heavy atom. The fraction of sp³-hybridized carbons (Fsp3) is 0.250. The molecule has 2 N–H and O–H groups in total. The van der Waals surface area contributed by atoms with E-state index in [-0.39, 0.29) is 18.1 Å². The van der Waals surface area contributed by atoms with Gasteiger partial charge in [-0.1, -0.05) is 18.2 Å². The number of anilines is 1. The highest BCUT2D eigenvalue weighted by Gasteiger charge is 2.23. The second kappa shape index (κ2) is 10.4. The van der Waals surface area contributed by atoms with Crippen molar-refractivity contribution in [1.29, 1.82) is 0 Å². The zero-order chi connectivity index (χ0) is 20.5. The fourth-order valence-electron chi connectivity index (χ4n) is 2.46. The molecule has 0 heterocycles. The summed E-state index contributed by atoms with van der Waals surface area (Å²) in [6.45, 7) is 1.39. The van der Waals surface area contributed by atoms with Gasteiger partial charge in [0.05, 0.1) is 17.9 Å². The molecule has 0 aliphatic carbocycles. The summed E-state index contributed by atoms with van der Waals surface area (Å²) in [7, 11) is -0.0560. The number of hydrogen-bond acceptors (Lipinski definition) is 5. The number of rotatable bonds is 8. The predicted molar refractivity (Wildman–Crippen MR) is 106 cm³/mol. The van der Waals surface area contributed by atoms with Gasteiger partial charge in [-0.3, -0.25) is 13.8 Å². The first-order chi connectivity index (χ1) is 13.4.